The Hall–Kier alpha value is -1.71. The molecule has 1 aliphatic rings. The van der Waals surface area contributed by atoms with Crippen molar-refractivity contribution in [3.63, 3.8) is 0 Å². The molecule has 0 unspecified atom stereocenters. The maximum atomic E-state index is 8.60. The molecule has 18 heavy (non-hydrogen) atoms. The molecule has 0 spiro atoms. The number of fused-ring (bicyclic) bond motifs is 1. The molecule has 0 saturated carbocycles. The van der Waals surface area contributed by atoms with Gasteiger partial charge in [0.05, 0.1) is 5.69 Å². The molecular weight excluding hydrogens is 246 g/mol. The van der Waals surface area contributed by atoms with E-state index in [0.29, 0.717) is 5.17 Å². The molecule has 0 aromatic heterocycles. The number of anilines is 1. The van der Waals surface area contributed by atoms with Gasteiger partial charge in [-0.1, -0.05) is 17.8 Å². The van der Waals surface area contributed by atoms with Gasteiger partial charge in [0.1, 0.15) is 0 Å². The Morgan fingerprint density at radius 1 is 1.50 bits per heavy atom. The molecule has 1 aromatic rings. The van der Waals surface area contributed by atoms with E-state index in [1.54, 1.807) is 0 Å². The van der Waals surface area contributed by atoms with Crippen LogP contribution in [-0.2, 0) is 6.54 Å². The van der Waals surface area contributed by atoms with Crippen LogP contribution in [0.1, 0.15) is 5.56 Å². The van der Waals surface area contributed by atoms with Crippen molar-refractivity contribution in [1.82, 2.24) is 10.6 Å². The second-order valence-electron chi connectivity index (χ2n) is 3.80. The number of amidine groups is 1. The molecule has 2 rings (SSSR count). The van der Waals surface area contributed by atoms with Crippen LogP contribution in [-0.4, -0.2) is 24.5 Å². The van der Waals surface area contributed by atoms with E-state index in [0.717, 1.165) is 31.0 Å². The van der Waals surface area contributed by atoms with Crippen LogP contribution in [0, 0.1) is 11.5 Å². The quantitative estimate of drug-likeness (QED) is 0.310. The SMILES string of the molecule is CSC(=Nc1ccc2c(c1)NCCNC2)NC#N. The molecule has 0 aliphatic carbocycles. The van der Waals surface area contributed by atoms with Crippen molar-refractivity contribution in [3.8, 4) is 6.19 Å². The minimum absolute atomic E-state index is 0.601. The number of thioether (sulfide) groups is 1. The third-order valence-corrected chi connectivity index (χ3v) is 3.19. The van der Waals surface area contributed by atoms with Gasteiger partial charge in [-0.05, 0) is 24.0 Å². The van der Waals surface area contributed by atoms with Crippen LogP contribution in [0.5, 0.6) is 0 Å². The first-order chi connectivity index (χ1) is 8.83. The lowest BCUT2D eigenvalue weighted by atomic mass is 10.1. The normalized spacial score (nSPS) is 15.0. The number of nitriles is 1. The van der Waals surface area contributed by atoms with Gasteiger partial charge in [0.2, 0.25) is 0 Å². The molecule has 6 heteroatoms. The van der Waals surface area contributed by atoms with Crippen molar-refractivity contribution >= 4 is 28.3 Å². The zero-order valence-corrected chi connectivity index (χ0v) is 11.0. The van der Waals surface area contributed by atoms with Crippen molar-refractivity contribution in [2.45, 2.75) is 6.54 Å². The average Bonchev–Trinajstić information content (AvgIpc) is 2.63. The highest BCUT2D eigenvalue weighted by molar-refractivity contribution is 8.13. The lowest BCUT2D eigenvalue weighted by Gasteiger charge is -2.08. The molecule has 0 bridgehead atoms. The van der Waals surface area contributed by atoms with Crippen LogP contribution < -0.4 is 16.0 Å². The molecule has 0 saturated heterocycles. The number of rotatable bonds is 1. The van der Waals surface area contributed by atoms with Crippen LogP contribution >= 0.6 is 11.8 Å². The van der Waals surface area contributed by atoms with Gasteiger partial charge in [-0.2, -0.15) is 5.26 Å². The molecule has 1 aromatic carbocycles. The van der Waals surface area contributed by atoms with Gasteiger partial charge in [0, 0.05) is 25.3 Å². The highest BCUT2D eigenvalue weighted by atomic mass is 32.2. The Balaban J connectivity index is 2.25. The number of hydrogen-bond acceptors (Lipinski definition) is 5. The first-order valence-corrected chi connectivity index (χ1v) is 6.91. The van der Waals surface area contributed by atoms with E-state index in [1.807, 2.05) is 24.6 Å². The number of benzene rings is 1. The Kier molecular flexibility index (Phi) is 4.45. The maximum Gasteiger partial charge on any atom is 0.183 e. The third kappa shape index (κ3) is 3.15. The first kappa shape index (κ1) is 12.7. The van der Waals surface area contributed by atoms with Crippen molar-refractivity contribution in [2.24, 2.45) is 4.99 Å². The van der Waals surface area contributed by atoms with Gasteiger partial charge in [-0.25, -0.2) is 4.99 Å². The van der Waals surface area contributed by atoms with E-state index in [9.17, 15) is 0 Å². The van der Waals surface area contributed by atoms with E-state index < -0.39 is 0 Å². The van der Waals surface area contributed by atoms with Crippen LogP contribution in [0.15, 0.2) is 23.2 Å². The van der Waals surface area contributed by atoms with Crippen molar-refractivity contribution in [1.29, 1.82) is 5.26 Å². The van der Waals surface area contributed by atoms with E-state index >= 15 is 0 Å². The van der Waals surface area contributed by atoms with Crippen molar-refractivity contribution < 1.29 is 0 Å². The van der Waals surface area contributed by atoms with Crippen LogP contribution in [0.3, 0.4) is 0 Å². The highest BCUT2D eigenvalue weighted by Gasteiger charge is 2.07. The summed E-state index contributed by atoms with van der Waals surface area (Å²) in [6, 6.07) is 6.03. The van der Waals surface area contributed by atoms with E-state index in [1.165, 1.54) is 17.3 Å². The highest BCUT2D eigenvalue weighted by Crippen LogP contribution is 2.24. The fourth-order valence-electron chi connectivity index (χ4n) is 1.75. The zero-order valence-electron chi connectivity index (χ0n) is 10.2. The lowest BCUT2D eigenvalue weighted by molar-refractivity contribution is 0.725. The number of aliphatic imine (C=N–C) groups is 1. The molecule has 94 valence electrons. The Labute approximate surface area is 111 Å². The first-order valence-electron chi connectivity index (χ1n) is 5.69. The molecule has 1 aliphatic heterocycles. The second-order valence-corrected chi connectivity index (χ2v) is 4.60. The largest absolute Gasteiger partial charge is 0.383 e. The van der Waals surface area contributed by atoms with Crippen LogP contribution in [0.4, 0.5) is 11.4 Å². The summed E-state index contributed by atoms with van der Waals surface area (Å²) in [5.41, 5.74) is 3.19. The average molecular weight is 261 g/mol. The zero-order chi connectivity index (χ0) is 12.8. The molecule has 1 heterocycles. The van der Waals surface area contributed by atoms with Gasteiger partial charge in [-0.15, -0.1) is 0 Å². The van der Waals surface area contributed by atoms with E-state index in [-0.39, 0.29) is 0 Å². The summed E-state index contributed by atoms with van der Waals surface area (Å²) in [5.74, 6) is 0. The van der Waals surface area contributed by atoms with Gasteiger partial charge in [-0.3, -0.25) is 5.32 Å². The van der Waals surface area contributed by atoms with Gasteiger partial charge in [0.25, 0.3) is 0 Å². The fraction of sp³-hybridized carbons (Fsp3) is 0.333. The van der Waals surface area contributed by atoms with E-state index in [4.69, 9.17) is 5.26 Å². The number of nitrogens with one attached hydrogen (secondary N) is 3. The van der Waals surface area contributed by atoms with E-state index in [2.05, 4.69) is 27.0 Å². The Bertz CT molecular complexity index is 492. The minimum Gasteiger partial charge on any atom is -0.383 e. The Morgan fingerprint density at radius 3 is 3.17 bits per heavy atom. The summed E-state index contributed by atoms with van der Waals surface area (Å²) in [4.78, 5) is 4.39. The predicted molar refractivity (Wildman–Crippen MR) is 76.0 cm³/mol. The molecule has 0 atom stereocenters. The summed E-state index contributed by atoms with van der Waals surface area (Å²) >= 11 is 1.41. The summed E-state index contributed by atoms with van der Waals surface area (Å²) in [6.45, 7) is 2.74. The summed E-state index contributed by atoms with van der Waals surface area (Å²) in [5, 5.41) is 18.5. The molecule has 5 nitrogen and oxygen atoms in total. The smallest absolute Gasteiger partial charge is 0.183 e. The predicted octanol–water partition coefficient (Wildman–Crippen LogP) is 1.62. The van der Waals surface area contributed by atoms with Gasteiger partial charge >= 0.3 is 0 Å². The number of nitrogens with zero attached hydrogens (tertiary/aromatic N) is 2. The standard InChI is InChI=1S/C12H15N5S/c1-18-12(16-8-13)17-10-3-2-9-7-14-4-5-15-11(9)6-10/h2-3,6,14-15H,4-5,7H2,1H3,(H,16,17). The lowest BCUT2D eigenvalue weighted by Crippen LogP contribution is -2.16. The topological polar surface area (TPSA) is 72.2 Å². The van der Waals surface area contributed by atoms with Gasteiger partial charge in [0.15, 0.2) is 11.4 Å². The van der Waals surface area contributed by atoms with Crippen LogP contribution in [0.2, 0.25) is 0 Å². The molecule has 0 amide bonds. The third-order valence-electron chi connectivity index (χ3n) is 2.61. The second kappa shape index (κ2) is 6.28. The molecule has 3 N–H and O–H groups in total. The monoisotopic (exact) mass is 261 g/mol. The number of hydrogen-bond donors (Lipinski definition) is 3. The summed E-state index contributed by atoms with van der Waals surface area (Å²) in [7, 11) is 0. The minimum atomic E-state index is 0.601. The molecule has 0 fully saturated rings. The molecular formula is C12H15N5S. The summed E-state index contributed by atoms with van der Waals surface area (Å²) in [6.07, 6.45) is 3.77. The maximum absolute atomic E-state index is 8.60. The van der Waals surface area contributed by atoms with Crippen molar-refractivity contribution in [3.05, 3.63) is 23.8 Å². The molecule has 0 radical (unpaired) electrons. The van der Waals surface area contributed by atoms with Gasteiger partial charge < -0.3 is 10.6 Å². The summed E-state index contributed by atoms with van der Waals surface area (Å²) < 4.78 is 0. The van der Waals surface area contributed by atoms with Crippen molar-refractivity contribution in [2.75, 3.05) is 24.7 Å². The fourth-order valence-corrected chi connectivity index (χ4v) is 2.10. The Morgan fingerprint density at radius 2 is 2.39 bits per heavy atom. The van der Waals surface area contributed by atoms with Crippen LogP contribution in [0.25, 0.3) is 0 Å².